The molecule has 1 saturated heterocycles. The minimum atomic E-state index is -3.59. The topological polar surface area (TPSA) is 83.7 Å². The van der Waals surface area contributed by atoms with Gasteiger partial charge in [0.05, 0.1) is 10.5 Å². The van der Waals surface area contributed by atoms with Gasteiger partial charge in [0.2, 0.25) is 10.0 Å². The van der Waals surface area contributed by atoms with E-state index in [9.17, 15) is 17.6 Å². The van der Waals surface area contributed by atoms with E-state index in [1.54, 1.807) is 42.5 Å². The monoisotopic (exact) mass is 415 g/mol. The summed E-state index contributed by atoms with van der Waals surface area (Å²) in [4.78, 5) is 14.4. The van der Waals surface area contributed by atoms with Crippen LogP contribution in [0.4, 0.5) is 4.39 Å². The third-order valence-corrected chi connectivity index (χ3v) is 6.69. The number of aromatic nitrogens is 1. The number of amides is 1. The summed E-state index contributed by atoms with van der Waals surface area (Å²) in [6, 6.07) is 15.6. The van der Waals surface area contributed by atoms with Gasteiger partial charge in [-0.3, -0.25) is 4.79 Å². The summed E-state index contributed by atoms with van der Waals surface area (Å²) < 4.78 is 45.8. The minimum absolute atomic E-state index is 0.0580. The van der Waals surface area contributed by atoms with E-state index in [0.29, 0.717) is 0 Å². The number of carbonyl (C=O) groups excluding carboxylic acids is 1. The smallest absolute Gasteiger partial charge is 0.276 e. The normalized spacial score (nSPS) is 15.4. The van der Waals surface area contributed by atoms with Gasteiger partial charge in [-0.05, 0) is 24.3 Å². The summed E-state index contributed by atoms with van der Waals surface area (Å²) in [7, 11) is -3.59. The lowest BCUT2D eigenvalue weighted by Gasteiger charge is -2.33. The standard InChI is InChI=1S/C20H18FN3O4S/c21-17-9-5-4-8-16(17)19-14-18(22-28-19)20(25)23-10-12-24(13-11-23)29(26,27)15-6-2-1-3-7-15/h1-9,14H,10-13H2. The van der Waals surface area contributed by atoms with Crippen LogP contribution in [0.5, 0.6) is 0 Å². The van der Waals surface area contributed by atoms with Crippen LogP contribution in [-0.4, -0.2) is 54.9 Å². The Kier molecular flexibility index (Phi) is 5.16. The average Bonchev–Trinajstić information content (AvgIpc) is 3.24. The highest BCUT2D eigenvalue weighted by atomic mass is 32.2. The van der Waals surface area contributed by atoms with Crippen LogP contribution in [-0.2, 0) is 10.0 Å². The van der Waals surface area contributed by atoms with Crippen LogP contribution in [0.1, 0.15) is 10.5 Å². The Balaban J connectivity index is 1.44. The molecule has 0 bridgehead atoms. The third kappa shape index (κ3) is 3.79. The highest BCUT2D eigenvalue weighted by molar-refractivity contribution is 7.89. The molecule has 7 nitrogen and oxygen atoms in total. The van der Waals surface area contributed by atoms with Crippen molar-refractivity contribution in [1.29, 1.82) is 0 Å². The lowest BCUT2D eigenvalue weighted by molar-refractivity contribution is 0.0687. The molecule has 0 unspecified atom stereocenters. The van der Waals surface area contributed by atoms with Gasteiger partial charge in [-0.15, -0.1) is 0 Å². The molecule has 0 radical (unpaired) electrons. The highest BCUT2D eigenvalue weighted by Crippen LogP contribution is 2.24. The summed E-state index contributed by atoms with van der Waals surface area (Å²) in [5.41, 5.74) is 0.278. The summed E-state index contributed by atoms with van der Waals surface area (Å²) >= 11 is 0. The molecule has 1 aromatic heterocycles. The second-order valence-corrected chi connectivity index (χ2v) is 8.50. The number of halogens is 1. The van der Waals surface area contributed by atoms with Crippen LogP contribution in [0.3, 0.4) is 0 Å². The second kappa shape index (κ2) is 7.76. The van der Waals surface area contributed by atoms with Gasteiger partial charge in [-0.25, -0.2) is 12.8 Å². The molecule has 1 aliphatic rings. The molecule has 150 valence electrons. The van der Waals surface area contributed by atoms with Crippen LogP contribution in [0.25, 0.3) is 11.3 Å². The summed E-state index contributed by atoms with van der Waals surface area (Å²) in [5, 5.41) is 3.76. The van der Waals surface area contributed by atoms with E-state index < -0.39 is 15.8 Å². The van der Waals surface area contributed by atoms with Gasteiger partial charge in [0.15, 0.2) is 11.5 Å². The third-order valence-electron chi connectivity index (χ3n) is 4.78. The lowest BCUT2D eigenvalue weighted by atomic mass is 10.1. The van der Waals surface area contributed by atoms with Crippen LogP contribution < -0.4 is 0 Å². The average molecular weight is 415 g/mol. The fourth-order valence-electron chi connectivity index (χ4n) is 3.20. The largest absolute Gasteiger partial charge is 0.355 e. The fourth-order valence-corrected chi connectivity index (χ4v) is 4.64. The molecular formula is C20H18FN3O4S. The number of benzene rings is 2. The molecule has 2 aromatic carbocycles. The van der Waals surface area contributed by atoms with Gasteiger partial charge in [-0.1, -0.05) is 35.5 Å². The van der Waals surface area contributed by atoms with Crippen molar-refractivity contribution in [3.05, 3.63) is 72.2 Å². The second-order valence-electron chi connectivity index (χ2n) is 6.57. The molecule has 0 N–H and O–H groups in total. The SMILES string of the molecule is O=C(c1cc(-c2ccccc2F)on1)N1CCN(S(=O)(=O)c2ccccc2)CC1. The highest BCUT2D eigenvalue weighted by Gasteiger charge is 2.31. The molecule has 0 aliphatic carbocycles. The van der Waals surface area contributed by atoms with Crippen LogP contribution in [0, 0.1) is 5.82 Å². The Morgan fingerprint density at radius 2 is 1.62 bits per heavy atom. The first-order chi connectivity index (χ1) is 14.0. The zero-order chi connectivity index (χ0) is 20.4. The van der Waals surface area contributed by atoms with Crippen molar-refractivity contribution in [3.63, 3.8) is 0 Å². The Labute approximate surface area is 167 Å². The first-order valence-electron chi connectivity index (χ1n) is 9.03. The molecule has 3 aromatic rings. The zero-order valence-corrected chi connectivity index (χ0v) is 16.2. The van der Waals surface area contributed by atoms with E-state index >= 15 is 0 Å². The molecule has 0 saturated carbocycles. The predicted octanol–water partition coefficient (Wildman–Crippen LogP) is 2.63. The van der Waals surface area contributed by atoms with Gasteiger partial charge in [-0.2, -0.15) is 4.31 Å². The van der Waals surface area contributed by atoms with Crippen molar-refractivity contribution in [2.45, 2.75) is 4.90 Å². The van der Waals surface area contributed by atoms with Gasteiger partial charge in [0, 0.05) is 32.2 Å². The van der Waals surface area contributed by atoms with Crippen molar-refractivity contribution >= 4 is 15.9 Å². The van der Waals surface area contributed by atoms with Crippen molar-refractivity contribution in [1.82, 2.24) is 14.4 Å². The van der Waals surface area contributed by atoms with E-state index in [0.717, 1.165) is 0 Å². The summed E-state index contributed by atoms with van der Waals surface area (Å²) in [5.74, 6) is -0.688. The van der Waals surface area contributed by atoms with E-state index in [1.807, 2.05) is 0 Å². The molecule has 1 amide bonds. The van der Waals surface area contributed by atoms with Crippen LogP contribution in [0.15, 0.2) is 70.1 Å². The van der Waals surface area contributed by atoms with E-state index in [1.165, 1.54) is 27.4 Å². The Morgan fingerprint density at radius 3 is 2.31 bits per heavy atom. The number of piperazine rings is 1. The molecule has 0 spiro atoms. The van der Waals surface area contributed by atoms with Gasteiger partial charge in [0.25, 0.3) is 5.91 Å². The zero-order valence-electron chi connectivity index (χ0n) is 15.4. The molecular weight excluding hydrogens is 397 g/mol. The molecule has 29 heavy (non-hydrogen) atoms. The van der Waals surface area contributed by atoms with Crippen molar-refractivity contribution in [2.24, 2.45) is 0 Å². The maximum absolute atomic E-state index is 13.9. The molecule has 0 atom stereocenters. The number of hydrogen-bond acceptors (Lipinski definition) is 5. The minimum Gasteiger partial charge on any atom is -0.355 e. The molecule has 1 aliphatic heterocycles. The van der Waals surface area contributed by atoms with E-state index in [-0.39, 0.29) is 54.0 Å². The number of nitrogens with zero attached hydrogens (tertiary/aromatic N) is 3. The molecule has 4 rings (SSSR count). The van der Waals surface area contributed by atoms with Crippen molar-refractivity contribution < 1.29 is 22.1 Å². The lowest BCUT2D eigenvalue weighted by Crippen LogP contribution is -2.50. The predicted molar refractivity (Wildman–Crippen MR) is 103 cm³/mol. The van der Waals surface area contributed by atoms with E-state index in [4.69, 9.17) is 4.52 Å². The Bertz CT molecular complexity index is 1120. The van der Waals surface area contributed by atoms with Gasteiger partial charge < -0.3 is 9.42 Å². The maximum atomic E-state index is 13.9. The molecule has 2 heterocycles. The number of sulfonamides is 1. The number of carbonyl (C=O) groups is 1. The first-order valence-corrected chi connectivity index (χ1v) is 10.5. The fraction of sp³-hybridized carbons (Fsp3) is 0.200. The first kappa shape index (κ1) is 19.3. The van der Waals surface area contributed by atoms with Crippen molar-refractivity contribution in [2.75, 3.05) is 26.2 Å². The Hall–Kier alpha value is -3.04. The van der Waals surface area contributed by atoms with Crippen molar-refractivity contribution in [3.8, 4) is 11.3 Å². The van der Waals surface area contributed by atoms with Crippen LogP contribution in [0.2, 0.25) is 0 Å². The quantitative estimate of drug-likeness (QED) is 0.654. The van der Waals surface area contributed by atoms with E-state index in [2.05, 4.69) is 5.16 Å². The Morgan fingerprint density at radius 1 is 0.966 bits per heavy atom. The summed E-state index contributed by atoms with van der Waals surface area (Å²) in [6.07, 6.45) is 0. The molecule has 9 heteroatoms. The van der Waals surface area contributed by atoms with Gasteiger partial charge in [0.1, 0.15) is 5.82 Å². The summed E-state index contributed by atoms with van der Waals surface area (Å²) in [6.45, 7) is 0.821. The number of hydrogen-bond donors (Lipinski definition) is 0. The maximum Gasteiger partial charge on any atom is 0.276 e. The molecule has 1 fully saturated rings. The number of rotatable bonds is 4. The van der Waals surface area contributed by atoms with Crippen LogP contribution >= 0.6 is 0 Å². The van der Waals surface area contributed by atoms with Gasteiger partial charge >= 0.3 is 0 Å².